The molecular weight excluding hydrogens is 338 g/mol. The molecule has 26 heavy (non-hydrogen) atoms. The van der Waals surface area contributed by atoms with Gasteiger partial charge in [-0.15, -0.1) is 4.91 Å². The molecule has 0 fully saturated rings. The highest BCUT2D eigenvalue weighted by atomic mass is 16.3. The van der Waals surface area contributed by atoms with Crippen molar-refractivity contribution in [3.63, 3.8) is 0 Å². The minimum atomic E-state index is -0.330. The molecule has 0 saturated carbocycles. The van der Waals surface area contributed by atoms with Gasteiger partial charge < -0.3 is 15.7 Å². The molecule has 5 N–H and O–H groups in total. The highest BCUT2D eigenvalue weighted by Crippen LogP contribution is 2.30. The number of nitroso groups, excluding NO2 is 1. The molecule has 0 aliphatic heterocycles. The smallest absolute Gasteiger partial charge is 0.377 e. The Labute approximate surface area is 147 Å². The summed E-state index contributed by atoms with van der Waals surface area (Å²) in [5.41, 5.74) is 1.50. The lowest BCUT2D eigenvalue weighted by atomic mass is 10.2. The molecule has 0 bridgehead atoms. The third kappa shape index (κ3) is 3.80. The maximum atomic E-state index is 11.6. The summed E-state index contributed by atoms with van der Waals surface area (Å²) in [5.74, 6) is 0.669. The van der Waals surface area contributed by atoms with E-state index in [1.54, 1.807) is 18.2 Å². The Kier molecular flexibility index (Phi) is 4.83. The van der Waals surface area contributed by atoms with E-state index in [-0.39, 0.29) is 17.5 Å². The number of pyridine rings is 1. The van der Waals surface area contributed by atoms with Crippen LogP contribution in [-0.4, -0.2) is 27.7 Å². The molecule has 3 aromatic rings. The summed E-state index contributed by atoms with van der Waals surface area (Å²) >= 11 is 0. The van der Waals surface area contributed by atoms with Gasteiger partial charge in [-0.2, -0.15) is 0 Å². The lowest BCUT2D eigenvalue weighted by molar-refractivity contribution is -0.329. The number of carbonyl (C=O) groups is 1. The van der Waals surface area contributed by atoms with E-state index in [1.165, 1.54) is 18.3 Å². The minimum Gasteiger partial charge on any atom is -0.506 e. The summed E-state index contributed by atoms with van der Waals surface area (Å²) in [5, 5.41) is 20.5. The van der Waals surface area contributed by atoms with Crippen LogP contribution in [-0.2, 0) is 0 Å². The second-order valence-electron chi connectivity index (χ2n) is 5.27. The Morgan fingerprint density at radius 2 is 2.15 bits per heavy atom. The highest BCUT2D eigenvalue weighted by Gasteiger charge is 2.12. The summed E-state index contributed by atoms with van der Waals surface area (Å²) in [6, 6.07) is 7.40. The number of amides is 2. The first kappa shape index (κ1) is 17.0. The predicted octanol–water partition coefficient (Wildman–Crippen LogP) is 2.43. The van der Waals surface area contributed by atoms with Crippen molar-refractivity contribution in [1.82, 2.24) is 15.3 Å². The lowest BCUT2D eigenvalue weighted by Gasteiger charge is -2.05. The first-order chi connectivity index (χ1) is 12.6. The fourth-order valence-corrected chi connectivity index (χ4v) is 2.23. The number of aromatic nitrogens is 3. The fraction of sp³-hybridized carbons (Fsp3) is 0.125. The zero-order valence-electron chi connectivity index (χ0n) is 13.8. The number of fused-ring (bicyclic) bond motifs is 1. The normalized spacial score (nSPS) is 10.3. The van der Waals surface area contributed by atoms with E-state index >= 15 is 0 Å². The molecule has 1 aromatic carbocycles. The van der Waals surface area contributed by atoms with Crippen LogP contribution in [0.4, 0.5) is 27.8 Å². The van der Waals surface area contributed by atoms with Gasteiger partial charge in [0.25, 0.3) is 5.65 Å². The quantitative estimate of drug-likeness (QED) is 0.409. The predicted molar refractivity (Wildman–Crippen MR) is 95.6 cm³/mol. The van der Waals surface area contributed by atoms with E-state index in [0.29, 0.717) is 35.0 Å². The van der Waals surface area contributed by atoms with Gasteiger partial charge in [0.1, 0.15) is 11.3 Å². The summed E-state index contributed by atoms with van der Waals surface area (Å²) < 4.78 is 0. The van der Waals surface area contributed by atoms with E-state index in [2.05, 4.69) is 36.1 Å². The standard InChI is InChI=1S/C16H15N7O3/c1-2-17-16(25)22-13-6-4-10-15(20-13)21-14(8-18-10)19-9-3-5-12(24)11(7-9)23-26/h3-8,24H,2H2,1H3,(H3,17,19,20,21,22,25)/p+1. The summed E-state index contributed by atoms with van der Waals surface area (Å²) in [4.78, 5) is 33.9. The topological polar surface area (TPSA) is 143 Å². The number of urea groups is 1. The van der Waals surface area contributed by atoms with Crippen LogP contribution in [0, 0.1) is 4.91 Å². The fourth-order valence-electron chi connectivity index (χ4n) is 2.23. The molecule has 0 atom stereocenters. The van der Waals surface area contributed by atoms with Crippen LogP contribution in [0.25, 0.3) is 11.2 Å². The number of nitrogens with one attached hydrogen (secondary N) is 4. The average molecular weight is 354 g/mol. The maximum Gasteiger partial charge on any atom is 0.377 e. The third-order valence-corrected chi connectivity index (χ3v) is 3.39. The van der Waals surface area contributed by atoms with Crippen LogP contribution in [0.1, 0.15) is 6.92 Å². The van der Waals surface area contributed by atoms with Crippen LogP contribution >= 0.6 is 0 Å². The molecule has 2 heterocycles. The zero-order valence-corrected chi connectivity index (χ0v) is 13.8. The van der Waals surface area contributed by atoms with Gasteiger partial charge >= 0.3 is 6.03 Å². The van der Waals surface area contributed by atoms with Crippen molar-refractivity contribution in [3.05, 3.63) is 41.4 Å². The highest BCUT2D eigenvalue weighted by molar-refractivity contribution is 5.88. The molecule has 2 aromatic heterocycles. The van der Waals surface area contributed by atoms with Crippen LogP contribution in [0.5, 0.6) is 5.75 Å². The van der Waals surface area contributed by atoms with Crippen LogP contribution in [0.15, 0.2) is 41.7 Å². The second kappa shape index (κ2) is 7.38. The molecular formula is C16H16N7O3+. The first-order valence-corrected chi connectivity index (χ1v) is 7.76. The second-order valence-corrected chi connectivity index (χ2v) is 5.27. The summed E-state index contributed by atoms with van der Waals surface area (Å²) in [6.45, 7) is 2.33. The Hall–Kier alpha value is -3.82. The SMILES string of the molecule is CCNC(=O)Nc1ccc2ncc(Nc3ccc(O)c(N=O)c3)nc2[nH+]1. The molecule has 0 aliphatic rings. The molecule has 2 amide bonds. The number of benzene rings is 1. The third-order valence-electron chi connectivity index (χ3n) is 3.39. The number of carbonyl (C=O) groups excluding carboxylic acids is 1. The minimum absolute atomic E-state index is 0.0799. The first-order valence-electron chi connectivity index (χ1n) is 7.76. The molecule has 10 nitrogen and oxygen atoms in total. The van der Waals surface area contributed by atoms with Gasteiger partial charge in [0.05, 0.1) is 6.20 Å². The summed E-state index contributed by atoms with van der Waals surface area (Å²) in [7, 11) is 0. The monoisotopic (exact) mass is 354 g/mol. The van der Waals surface area contributed by atoms with Gasteiger partial charge in [-0.05, 0) is 36.4 Å². The number of hydrogen-bond acceptors (Lipinski definition) is 7. The number of phenolic OH excluding ortho intramolecular Hbond substituents is 1. The van der Waals surface area contributed by atoms with Crippen LogP contribution < -0.4 is 20.9 Å². The summed E-state index contributed by atoms with van der Waals surface area (Å²) in [6.07, 6.45) is 1.52. The van der Waals surface area contributed by atoms with Crippen molar-refractivity contribution in [1.29, 1.82) is 0 Å². The van der Waals surface area contributed by atoms with E-state index < -0.39 is 0 Å². The van der Waals surface area contributed by atoms with E-state index in [9.17, 15) is 14.8 Å². The van der Waals surface area contributed by atoms with E-state index in [4.69, 9.17) is 0 Å². The van der Waals surface area contributed by atoms with Gasteiger partial charge in [0.15, 0.2) is 5.69 Å². The van der Waals surface area contributed by atoms with Crippen LogP contribution in [0.2, 0.25) is 0 Å². The van der Waals surface area contributed by atoms with E-state index in [0.717, 1.165) is 0 Å². The number of aromatic hydroxyl groups is 1. The maximum absolute atomic E-state index is 11.6. The van der Waals surface area contributed by atoms with Gasteiger partial charge in [-0.25, -0.2) is 20.1 Å². The van der Waals surface area contributed by atoms with Gasteiger partial charge in [-0.1, -0.05) is 4.98 Å². The number of rotatable bonds is 5. The molecule has 0 aliphatic carbocycles. The Balaban J connectivity index is 1.85. The molecule has 0 saturated heterocycles. The Morgan fingerprint density at radius 1 is 1.31 bits per heavy atom. The molecule has 0 spiro atoms. The number of anilines is 3. The van der Waals surface area contributed by atoms with Crippen molar-refractivity contribution in [3.8, 4) is 5.75 Å². The number of phenols is 1. The van der Waals surface area contributed by atoms with Crippen molar-refractivity contribution in [2.24, 2.45) is 5.18 Å². The number of nitrogens with zero attached hydrogens (tertiary/aromatic N) is 3. The van der Waals surface area contributed by atoms with Crippen molar-refractivity contribution in [2.45, 2.75) is 6.92 Å². The largest absolute Gasteiger partial charge is 0.506 e. The molecule has 0 unspecified atom stereocenters. The average Bonchev–Trinajstić information content (AvgIpc) is 2.63. The lowest BCUT2D eigenvalue weighted by Crippen LogP contribution is -2.31. The Bertz CT molecular complexity index is 977. The van der Waals surface area contributed by atoms with Crippen molar-refractivity contribution in [2.75, 3.05) is 17.2 Å². The number of hydrogen-bond donors (Lipinski definition) is 4. The number of aromatic amines is 1. The van der Waals surface area contributed by atoms with Crippen molar-refractivity contribution < 1.29 is 14.9 Å². The zero-order chi connectivity index (χ0) is 18.5. The molecule has 0 radical (unpaired) electrons. The van der Waals surface area contributed by atoms with Gasteiger partial charge in [0.2, 0.25) is 11.6 Å². The van der Waals surface area contributed by atoms with Gasteiger partial charge in [0, 0.05) is 18.3 Å². The van der Waals surface area contributed by atoms with Crippen molar-refractivity contribution >= 4 is 40.2 Å². The van der Waals surface area contributed by atoms with E-state index in [1.807, 2.05) is 6.92 Å². The molecule has 3 rings (SSSR count). The van der Waals surface area contributed by atoms with Gasteiger partial charge in [-0.3, -0.25) is 0 Å². The Morgan fingerprint density at radius 3 is 2.92 bits per heavy atom. The molecule has 132 valence electrons. The molecule has 10 heteroatoms. The number of H-pyrrole nitrogens is 1. The van der Waals surface area contributed by atoms with Crippen LogP contribution in [0.3, 0.4) is 0 Å².